The lowest BCUT2D eigenvalue weighted by molar-refractivity contribution is 0.0532. The van der Waals surface area contributed by atoms with E-state index in [1.807, 2.05) is 0 Å². The van der Waals surface area contributed by atoms with E-state index in [2.05, 4.69) is 13.8 Å². The van der Waals surface area contributed by atoms with Crippen molar-refractivity contribution in [3.63, 3.8) is 0 Å². The molecule has 0 radical (unpaired) electrons. The van der Waals surface area contributed by atoms with Crippen molar-refractivity contribution in [2.45, 2.75) is 71.6 Å². The van der Waals surface area contributed by atoms with E-state index in [0.29, 0.717) is 13.2 Å². The highest BCUT2D eigenvalue weighted by Gasteiger charge is 2.02. The summed E-state index contributed by atoms with van der Waals surface area (Å²) in [6, 6.07) is 0. The van der Waals surface area contributed by atoms with Crippen molar-refractivity contribution in [2.24, 2.45) is 0 Å². The summed E-state index contributed by atoms with van der Waals surface area (Å²) < 4.78 is 9.84. The third-order valence-electron chi connectivity index (χ3n) is 2.69. The number of hydrogen-bond acceptors (Lipinski definition) is 3. The quantitative estimate of drug-likeness (QED) is 0.390. The Hall–Kier alpha value is -0.730. The number of unbranched alkanes of at least 4 members (excludes halogenated alkanes) is 7. The summed E-state index contributed by atoms with van der Waals surface area (Å²) in [6.07, 6.45) is 10.0. The van der Waals surface area contributed by atoms with E-state index in [9.17, 15) is 4.79 Å². The van der Waals surface area contributed by atoms with Crippen LogP contribution in [0.1, 0.15) is 71.6 Å². The second kappa shape index (κ2) is 13.3. The lowest BCUT2D eigenvalue weighted by Gasteiger charge is -2.05. The van der Waals surface area contributed by atoms with Crippen molar-refractivity contribution in [3.05, 3.63) is 0 Å². The molecular weight excluding hydrogens is 216 g/mol. The molecule has 0 aliphatic rings. The molecule has 0 heterocycles. The molecule has 0 rings (SSSR count). The molecule has 0 aliphatic carbocycles. The number of carbonyl (C=O) groups is 1. The summed E-state index contributed by atoms with van der Waals surface area (Å²) in [5.74, 6) is 0. The molecule has 0 atom stereocenters. The van der Waals surface area contributed by atoms with E-state index in [0.717, 1.165) is 25.7 Å². The molecule has 0 aromatic heterocycles. The normalized spacial score (nSPS) is 10.2. The molecule has 0 amide bonds. The molecule has 0 aromatic carbocycles. The summed E-state index contributed by atoms with van der Waals surface area (Å²) in [7, 11) is 0. The van der Waals surface area contributed by atoms with Crippen molar-refractivity contribution in [3.8, 4) is 0 Å². The van der Waals surface area contributed by atoms with E-state index in [-0.39, 0.29) is 0 Å². The van der Waals surface area contributed by atoms with E-state index >= 15 is 0 Å². The second-order valence-corrected chi connectivity index (χ2v) is 4.42. The van der Waals surface area contributed by atoms with Gasteiger partial charge >= 0.3 is 6.16 Å². The third kappa shape index (κ3) is 13.2. The van der Waals surface area contributed by atoms with E-state index < -0.39 is 6.16 Å². The van der Waals surface area contributed by atoms with Crippen LogP contribution in [0.3, 0.4) is 0 Å². The van der Waals surface area contributed by atoms with Gasteiger partial charge in [-0.2, -0.15) is 0 Å². The van der Waals surface area contributed by atoms with Crippen LogP contribution in [0.4, 0.5) is 4.79 Å². The van der Waals surface area contributed by atoms with E-state index in [1.54, 1.807) is 0 Å². The average molecular weight is 244 g/mol. The first-order chi connectivity index (χ1) is 8.31. The van der Waals surface area contributed by atoms with Crippen LogP contribution in [0, 0.1) is 0 Å². The third-order valence-corrected chi connectivity index (χ3v) is 2.69. The zero-order valence-corrected chi connectivity index (χ0v) is 11.5. The SMILES string of the molecule is CCCCCCCCCOC(=O)OCCCC. The van der Waals surface area contributed by atoms with Crippen LogP contribution in [0.25, 0.3) is 0 Å². The van der Waals surface area contributed by atoms with Crippen LogP contribution in [0.15, 0.2) is 0 Å². The van der Waals surface area contributed by atoms with Crippen molar-refractivity contribution in [1.29, 1.82) is 0 Å². The van der Waals surface area contributed by atoms with Gasteiger partial charge in [0, 0.05) is 0 Å². The van der Waals surface area contributed by atoms with Gasteiger partial charge < -0.3 is 9.47 Å². The highest BCUT2D eigenvalue weighted by molar-refractivity contribution is 5.59. The van der Waals surface area contributed by atoms with Gasteiger partial charge in [-0.05, 0) is 12.8 Å². The predicted octanol–water partition coefficient (Wildman–Crippen LogP) is 4.69. The Morgan fingerprint density at radius 3 is 1.76 bits per heavy atom. The van der Waals surface area contributed by atoms with Crippen LogP contribution in [0.2, 0.25) is 0 Å². The van der Waals surface area contributed by atoms with Gasteiger partial charge in [-0.15, -0.1) is 0 Å². The fourth-order valence-electron chi connectivity index (χ4n) is 1.56. The minimum absolute atomic E-state index is 0.479. The average Bonchev–Trinajstić information content (AvgIpc) is 2.33. The molecule has 0 N–H and O–H groups in total. The monoisotopic (exact) mass is 244 g/mol. The molecule has 0 aliphatic heterocycles. The van der Waals surface area contributed by atoms with Crippen LogP contribution >= 0.6 is 0 Å². The minimum Gasteiger partial charge on any atom is -0.434 e. The first-order valence-electron chi connectivity index (χ1n) is 7.10. The zero-order chi connectivity index (χ0) is 12.8. The molecule has 0 spiro atoms. The highest BCUT2D eigenvalue weighted by Crippen LogP contribution is 2.07. The molecule has 0 saturated carbocycles. The maximum absolute atomic E-state index is 11.0. The standard InChI is InChI=1S/C14H28O3/c1-3-5-7-8-9-10-11-13-17-14(15)16-12-6-4-2/h3-13H2,1-2H3. The first kappa shape index (κ1) is 16.3. The Balaban J connectivity index is 3.08. The molecule has 0 saturated heterocycles. The molecular formula is C14H28O3. The summed E-state index contributed by atoms with van der Waals surface area (Å²) in [4.78, 5) is 11.0. The van der Waals surface area contributed by atoms with Gasteiger partial charge in [0.25, 0.3) is 0 Å². The Morgan fingerprint density at radius 2 is 1.18 bits per heavy atom. The van der Waals surface area contributed by atoms with Gasteiger partial charge in [-0.3, -0.25) is 0 Å². The lowest BCUT2D eigenvalue weighted by atomic mass is 10.1. The van der Waals surface area contributed by atoms with E-state index in [1.165, 1.54) is 32.1 Å². The fourth-order valence-corrected chi connectivity index (χ4v) is 1.56. The summed E-state index contributed by atoms with van der Waals surface area (Å²) >= 11 is 0. The Bertz CT molecular complexity index is 169. The number of hydrogen-bond donors (Lipinski definition) is 0. The van der Waals surface area contributed by atoms with Gasteiger partial charge in [0.05, 0.1) is 13.2 Å². The molecule has 0 fully saturated rings. The van der Waals surface area contributed by atoms with Crippen LogP contribution < -0.4 is 0 Å². The van der Waals surface area contributed by atoms with Gasteiger partial charge in [0.1, 0.15) is 0 Å². The van der Waals surface area contributed by atoms with Crippen LogP contribution in [-0.4, -0.2) is 19.4 Å². The largest absolute Gasteiger partial charge is 0.508 e. The van der Waals surface area contributed by atoms with Crippen molar-refractivity contribution in [2.75, 3.05) is 13.2 Å². The summed E-state index contributed by atoms with van der Waals surface area (Å²) in [5.41, 5.74) is 0. The topological polar surface area (TPSA) is 35.5 Å². The maximum Gasteiger partial charge on any atom is 0.508 e. The molecule has 3 nitrogen and oxygen atoms in total. The molecule has 0 bridgehead atoms. The highest BCUT2D eigenvalue weighted by atomic mass is 16.7. The van der Waals surface area contributed by atoms with Gasteiger partial charge in [-0.25, -0.2) is 4.79 Å². The van der Waals surface area contributed by atoms with Crippen molar-refractivity contribution >= 4 is 6.16 Å². The number of rotatable bonds is 11. The first-order valence-corrected chi connectivity index (χ1v) is 7.10. The fraction of sp³-hybridized carbons (Fsp3) is 0.929. The maximum atomic E-state index is 11.0. The van der Waals surface area contributed by atoms with Crippen LogP contribution in [0.5, 0.6) is 0 Å². The lowest BCUT2D eigenvalue weighted by Crippen LogP contribution is -2.09. The van der Waals surface area contributed by atoms with E-state index in [4.69, 9.17) is 9.47 Å². The molecule has 0 unspecified atom stereocenters. The zero-order valence-electron chi connectivity index (χ0n) is 11.5. The predicted molar refractivity (Wildman–Crippen MR) is 70.2 cm³/mol. The Labute approximate surface area is 106 Å². The molecule has 0 aromatic rings. The molecule has 3 heteroatoms. The number of carbonyl (C=O) groups excluding carboxylic acids is 1. The van der Waals surface area contributed by atoms with Crippen molar-refractivity contribution < 1.29 is 14.3 Å². The van der Waals surface area contributed by atoms with Gasteiger partial charge in [0.2, 0.25) is 0 Å². The smallest absolute Gasteiger partial charge is 0.434 e. The van der Waals surface area contributed by atoms with Gasteiger partial charge in [-0.1, -0.05) is 58.8 Å². The number of ether oxygens (including phenoxy) is 2. The van der Waals surface area contributed by atoms with Crippen LogP contribution in [-0.2, 0) is 9.47 Å². The summed E-state index contributed by atoms with van der Waals surface area (Å²) in [6.45, 7) is 5.26. The van der Waals surface area contributed by atoms with Gasteiger partial charge in [0.15, 0.2) is 0 Å². The second-order valence-electron chi connectivity index (χ2n) is 4.42. The Kier molecular flexibility index (Phi) is 12.8. The van der Waals surface area contributed by atoms with Crippen molar-refractivity contribution in [1.82, 2.24) is 0 Å². The summed E-state index contributed by atoms with van der Waals surface area (Å²) in [5, 5.41) is 0. The minimum atomic E-state index is -0.510. The Morgan fingerprint density at radius 1 is 0.706 bits per heavy atom. The molecule has 17 heavy (non-hydrogen) atoms. The molecule has 102 valence electrons.